The van der Waals surface area contributed by atoms with Gasteiger partial charge in [-0.1, -0.05) is 0 Å². The summed E-state index contributed by atoms with van der Waals surface area (Å²) in [5, 5.41) is 3.46. The van der Waals surface area contributed by atoms with Crippen molar-refractivity contribution in [3.63, 3.8) is 0 Å². The Kier molecular flexibility index (Phi) is 3.16. The van der Waals surface area contributed by atoms with Crippen LogP contribution in [0.2, 0.25) is 0 Å². The third kappa shape index (κ3) is 2.87. The van der Waals surface area contributed by atoms with Crippen LogP contribution in [0, 0.1) is 0 Å². The Morgan fingerprint density at radius 1 is 1.35 bits per heavy atom. The molecule has 1 aliphatic heterocycles. The average molecular weight is 236 g/mol. The number of hydrogen-bond donors (Lipinski definition) is 1. The lowest BCUT2D eigenvalue weighted by molar-refractivity contribution is 0.0417. The van der Waals surface area contributed by atoms with Gasteiger partial charge in [-0.15, -0.1) is 0 Å². The SMILES string of the molecule is CC1CCC(c2cnc(CCNC3CC3)o2)O1. The molecular formula is C13H20N2O2. The Morgan fingerprint density at radius 3 is 2.94 bits per heavy atom. The van der Waals surface area contributed by atoms with Crippen LogP contribution in [-0.2, 0) is 11.2 Å². The molecule has 2 aliphatic rings. The smallest absolute Gasteiger partial charge is 0.195 e. The molecule has 94 valence electrons. The number of hydrogen-bond acceptors (Lipinski definition) is 4. The molecule has 1 saturated carbocycles. The van der Waals surface area contributed by atoms with Crippen LogP contribution in [0.15, 0.2) is 10.6 Å². The average Bonchev–Trinajstić information content (AvgIpc) is 2.85. The molecule has 0 bridgehead atoms. The number of oxazole rings is 1. The van der Waals surface area contributed by atoms with E-state index in [2.05, 4.69) is 17.2 Å². The predicted octanol–water partition coefficient (Wildman–Crippen LogP) is 2.21. The van der Waals surface area contributed by atoms with Gasteiger partial charge in [0.15, 0.2) is 11.7 Å². The topological polar surface area (TPSA) is 47.3 Å². The molecule has 17 heavy (non-hydrogen) atoms. The highest BCUT2D eigenvalue weighted by Crippen LogP contribution is 2.32. The molecular weight excluding hydrogens is 216 g/mol. The minimum atomic E-state index is 0.127. The van der Waals surface area contributed by atoms with E-state index in [1.54, 1.807) is 0 Å². The zero-order valence-corrected chi connectivity index (χ0v) is 10.3. The lowest BCUT2D eigenvalue weighted by Crippen LogP contribution is -2.19. The summed E-state index contributed by atoms with van der Waals surface area (Å²) in [6, 6.07) is 0.753. The Labute approximate surface area is 102 Å². The van der Waals surface area contributed by atoms with E-state index in [0.29, 0.717) is 6.10 Å². The van der Waals surface area contributed by atoms with E-state index >= 15 is 0 Å². The molecule has 2 fully saturated rings. The fourth-order valence-corrected chi connectivity index (χ4v) is 2.27. The largest absolute Gasteiger partial charge is 0.443 e. The van der Waals surface area contributed by atoms with E-state index < -0.39 is 0 Å². The van der Waals surface area contributed by atoms with E-state index in [4.69, 9.17) is 9.15 Å². The second-order valence-corrected chi connectivity index (χ2v) is 5.15. The summed E-state index contributed by atoms with van der Waals surface area (Å²) >= 11 is 0. The first-order valence-electron chi connectivity index (χ1n) is 6.64. The molecule has 2 unspecified atom stereocenters. The molecule has 0 radical (unpaired) electrons. The second kappa shape index (κ2) is 4.78. The molecule has 1 aromatic heterocycles. The normalized spacial score (nSPS) is 28.8. The fraction of sp³-hybridized carbons (Fsp3) is 0.769. The van der Waals surface area contributed by atoms with Crippen molar-refractivity contribution in [1.82, 2.24) is 10.3 Å². The van der Waals surface area contributed by atoms with Crippen molar-refractivity contribution in [3.8, 4) is 0 Å². The van der Waals surface area contributed by atoms with Crippen molar-refractivity contribution in [1.29, 1.82) is 0 Å². The van der Waals surface area contributed by atoms with Gasteiger partial charge in [0.2, 0.25) is 0 Å². The zero-order valence-electron chi connectivity index (χ0n) is 10.3. The van der Waals surface area contributed by atoms with Crippen LogP contribution in [-0.4, -0.2) is 23.7 Å². The van der Waals surface area contributed by atoms with Crippen LogP contribution < -0.4 is 5.32 Å². The van der Waals surface area contributed by atoms with Gasteiger partial charge >= 0.3 is 0 Å². The summed E-state index contributed by atoms with van der Waals surface area (Å²) in [6.45, 7) is 3.07. The van der Waals surface area contributed by atoms with E-state index in [9.17, 15) is 0 Å². The molecule has 1 N–H and O–H groups in total. The van der Waals surface area contributed by atoms with Crippen LogP contribution >= 0.6 is 0 Å². The van der Waals surface area contributed by atoms with Gasteiger partial charge in [-0.3, -0.25) is 0 Å². The molecule has 0 amide bonds. The molecule has 2 heterocycles. The molecule has 2 atom stereocenters. The third-order valence-electron chi connectivity index (χ3n) is 3.47. The quantitative estimate of drug-likeness (QED) is 0.851. The van der Waals surface area contributed by atoms with E-state index in [0.717, 1.165) is 43.5 Å². The highest BCUT2D eigenvalue weighted by Gasteiger charge is 2.26. The molecule has 1 saturated heterocycles. The molecule has 4 heteroatoms. The fourth-order valence-electron chi connectivity index (χ4n) is 2.27. The van der Waals surface area contributed by atoms with Crippen LogP contribution in [0.5, 0.6) is 0 Å². The monoisotopic (exact) mass is 236 g/mol. The Balaban J connectivity index is 1.50. The van der Waals surface area contributed by atoms with Crippen LogP contribution in [0.3, 0.4) is 0 Å². The molecule has 3 rings (SSSR count). The van der Waals surface area contributed by atoms with E-state index in [-0.39, 0.29) is 6.10 Å². The first kappa shape index (κ1) is 11.2. The summed E-state index contributed by atoms with van der Waals surface area (Å²) in [4.78, 5) is 4.32. The van der Waals surface area contributed by atoms with Gasteiger partial charge in [0.1, 0.15) is 6.10 Å². The highest BCUT2D eigenvalue weighted by atomic mass is 16.5. The second-order valence-electron chi connectivity index (χ2n) is 5.15. The Hall–Kier alpha value is -0.870. The minimum Gasteiger partial charge on any atom is -0.443 e. The van der Waals surface area contributed by atoms with Gasteiger partial charge in [0, 0.05) is 19.0 Å². The molecule has 1 aliphatic carbocycles. The predicted molar refractivity (Wildman–Crippen MR) is 63.8 cm³/mol. The summed E-state index contributed by atoms with van der Waals surface area (Å²) in [5.74, 6) is 1.73. The van der Waals surface area contributed by atoms with Crippen molar-refractivity contribution in [2.75, 3.05) is 6.54 Å². The van der Waals surface area contributed by atoms with Crippen molar-refractivity contribution in [2.45, 2.75) is 57.3 Å². The maximum atomic E-state index is 5.76. The maximum Gasteiger partial charge on any atom is 0.195 e. The van der Waals surface area contributed by atoms with Crippen molar-refractivity contribution < 1.29 is 9.15 Å². The summed E-state index contributed by atoms with van der Waals surface area (Å²) in [6.07, 6.45) is 8.00. The minimum absolute atomic E-state index is 0.127. The van der Waals surface area contributed by atoms with Crippen molar-refractivity contribution in [3.05, 3.63) is 17.8 Å². The molecule has 0 aromatic carbocycles. The summed E-state index contributed by atoms with van der Waals surface area (Å²) in [7, 11) is 0. The molecule has 0 spiro atoms. The van der Waals surface area contributed by atoms with Gasteiger partial charge in [-0.05, 0) is 32.6 Å². The number of nitrogens with zero attached hydrogens (tertiary/aromatic N) is 1. The zero-order chi connectivity index (χ0) is 11.7. The van der Waals surface area contributed by atoms with Gasteiger partial charge in [0.25, 0.3) is 0 Å². The molecule has 1 aromatic rings. The number of aromatic nitrogens is 1. The van der Waals surface area contributed by atoms with E-state index in [1.807, 2.05) is 6.20 Å². The number of ether oxygens (including phenoxy) is 1. The first-order chi connectivity index (χ1) is 8.31. The maximum absolute atomic E-state index is 5.76. The standard InChI is InChI=1S/C13H20N2O2/c1-9-2-5-11(16-9)12-8-15-13(17-12)6-7-14-10-3-4-10/h8-11,14H,2-7H2,1H3. The first-order valence-corrected chi connectivity index (χ1v) is 6.64. The van der Waals surface area contributed by atoms with Crippen LogP contribution in [0.1, 0.15) is 50.4 Å². The van der Waals surface area contributed by atoms with E-state index in [1.165, 1.54) is 12.8 Å². The van der Waals surface area contributed by atoms with Crippen molar-refractivity contribution in [2.24, 2.45) is 0 Å². The van der Waals surface area contributed by atoms with Gasteiger partial charge < -0.3 is 14.5 Å². The Morgan fingerprint density at radius 2 is 2.24 bits per heavy atom. The number of rotatable bonds is 5. The van der Waals surface area contributed by atoms with Crippen LogP contribution in [0.4, 0.5) is 0 Å². The van der Waals surface area contributed by atoms with Gasteiger partial charge in [-0.25, -0.2) is 4.98 Å². The lowest BCUT2D eigenvalue weighted by atomic mass is 10.2. The third-order valence-corrected chi connectivity index (χ3v) is 3.47. The van der Waals surface area contributed by atoms with Crippen LogP contribution in [0.25, 0.3) is 0 Å². The van der Waals surface area contributed by atoms with Crippen molar-refractivity contribution >= 4 is 0 Å². The number of nitrogens with one attached hydrogen (secondary N) is 1. The highest BCUT2D eigenvalue weighted by molar-refractivity contribution is 5.01. The molecule has 4 nitrogen and oxygen atoms in total. The van der Waals surface area contributed by atoms with Gasteiger partial charge in [0.05, 0.1) is 12.3 Å². The van der Waals surface area contributed by atoms with Gasteiger partial charge in [-0.2, -0.15) is 0 Å². The summed E-state index contributed by atoms with van der Waals surface area (Å²) < 4.78 is 11.5. The summed E-state index contributed by atoms with van der Waals surface area (Å²) in [5.41, 5.74) is 0. The Bertz CT molecular complexity index is 373. The lowest BCUT2D eigenvalue weighted by Gasteiger charge is -2.06.